The molecule has 5 rings (SSSR count). The van der Waals surface area contributed by atoms with Gasteiger partial charge in [0.15, 0.2) is 5.16 Å². The predicted octanol–water partition coefficient (Wildman–Crippen LogP) is 6.09. The summed E-state index contributed by atoms with van der Waals surface area (Å²) in [7, 11) is 0. The molecular formula is C22H18ClN5S. The smallest absolute Gasteiger partial charge is 0.166 e. The number of thioether (sulfide) groups is 1. The molecule has 0 saturated heterocycles. The lowest BCUT2D eigenvalue weighted by Crippen LogP contribution is -2.06. The van der Waals surface area contributed by atoms with Crippen LogP contribution in [0.5, 0.6) is 0 Å². The van der Waals surface area contributed by atoms with Gasteiger partial charge in [-0.05, 0) is 31.5 Å². The highest BCUT2D eigenvalue weighted by Crippen LogP contribution is 2.36. The van der Waals surface area contributed by atoms with Crippen LogP contribution in [0, 0.1) is 6.92 Å². The van der Waals surface area contributed by atoms with E-state index in [1.54, 1.807) is 11.8 Å². The Balaban J connectivity index is 1.55. The maximum Gasteiger partial charge on any atom is 0.166 e. The molecule has 29 heavy (non-hydrogen) atoms. The van der Waals surface area contributed by atoms with E-state index in [9.17, 15) is 0 Å². The van der Waals surface area contributed by atoms with Crippen molar-refractivity contribution < 1.29 is 0 Å². The Morgan fingerprint density at radius 1 is 1.10 bits per heavy atom. The summed E-state index contributed by atoms with van der Waals surface area (Å²) < 4.78 is 1.92. The Hall–Kier alpha value is -2.83. The number of para-hydroxylation sites is 1. The largest absolute Gasteiger partial charge is 0.333 e. The molecule has 0 aliphatic carbocycles. The molecule has 0 saturated carbocycles. The summed E-state index contributed by atoms with van der Waals surface area (Å²) in [4.78, 5) is 12.8. The van der Waals surface area contributed by atoms with E-state index < -0.39 is 0 Å². The van der Waals surface area contributed by atoms with Gasteiger partial charge < -0.3 is 4.98 Å². The maximum atomic E-state index is 6.45. The molecule has 0 spiro atoms. The fourth-order valence-corrected chi connectivity index (χ4v) is 4.57. The number of hydrogen-bond donors (Lipinski definition) is 1. The van der Waals surface area contributed by atoms with E-state index in [0.29, 0.717) is 5.02 Å². The Bertz CT molecular complexity index is 1330. The third kappa shape index (κ3) is 3.28. The zero-order chi connectivity index (χ0) is 20.0. The van der Waals surface area contributed by atoms with Crippen molar-refractivity contribution >= 4 is 39.8 Å². The van der Waals surface area contributed by atoms with Crippen molar-refractivity contribution in [2.45, 2.75) is 24.3 Å². The van der Waals surface area contributed by atoms with E-state index in [1.165, 1.54) is 0 Å². The average molecular weight is 420 g/mol. The fraction of sp³-hybridized carbons (Fsp3) is 0.136. The number of imidazole rings is 1. The zero-order valence-electron chi connectivity index (χ0n) is 15.9. The van der Waals surface area contributed by atoms with Crippen molar-refractivity contribution in [3.05, 3.63) is 77.3 Å². The predicted molar refractivity (Wildman–Crippen MR) is 119 cm³/mol. The van der Waals surface area contributed by atoms with Gasteiger partial charge in [0.05, 0.1) is 38.9 Å². The Morgan fingerprint density at radius 2 is 1.93 bits per heavy atom. The van der Waals surface area contributed by atoms with Gasteiger partial charge in [0.1, 0.15) is 5.82 Å². The second-order valence-corrected chi connectivity index (χ2v) is 8.65. The van der Waals surface area contributed by atoms with E-state index in [-0.39, 0.29) is 5.25 Å². The van der Waals surface area contributed by atoms with E-state index in [0.717, 1.165) is 44.4 Å². The first-order valence-electron chi connectivity index (χ1n) is 9.32. The molecule has 1 unspecified atom stereocenters. The molecule has 5 aromatic rings. The standard InChI is InChI=1S/C22H18ClN5S/c1-13-11-19-16-9-6-10-17(23)20(16)26-21(28(19)27-13)14(2)29-22-24-12-18(25-22)15-7-4-3-5-8-15/h3-12,14H,1-2H3,(H,24,25). The minimum atomic E-state index is 0.0206. The lowest BCUT2D eigenvalue weighted by molar-refractivity contribution is 0.800. The third-order valence-corrected chi connectivity index (χ3v) is 6.13. The Morgan fingerprint density at radius 3 is 2.76 bits per heavy atom. The first kappa shape index (κ1) is 18.2. The first-order chi connectivity index (χ1) is 14.1. The highest BCUT2D eigenvalue weighted by molar-refractivity contribution is 7.99. The number of nitrogens with zero attached hydrogens (tertiary/aromatic N) is 4. The summed E-state index contributed by atoms with van der Waals surface area (Å²) in [6, 6.07) is 18.1. The molecule has 2 aromatic carbocycles. The van der Waals surface area contributed by atoms with Crippen LogP contribution >= 0.6 is 23.4 Å². The van der Waals surface area contributed by atoms with Crippen LogP contribution in [-0.4, -0.2) is 24.6 Å². The highest BCUT2D eigenvalue weighted by Gasteiger charge is 2.19. The second-order valence-electron chi connectivity index (χ2n) is 6.92. The van der Waals surface area contributed by atoms with Crippen LogP contribution in [0.15, 0.2) is 66.0 Å². The van der Waals surface area contributed by atoms with Gasteiger partial charge in [0, 0.05) is 5.39 Å². The molecule has 0 bridgehead atoms. The summed E-state index contributed by atoms with van der Waals surface area (Å²) in [5.41, 5.74) is 4.87. The number of benzene rings is 2. The lowest BCUT2D eigenvalue weighted by atomic mass is 10.2. The van der Waals surface area contributed by atoms with E-state index >= 15 is 0 Å². The summed E-state index contributed by atoms with van der Waals surface area (Å²) in [6.45, 7) is 4.10. The number of H-pyrrole nitrogens is 1. The average Bonchev–Trinajstić information content (AvgIpc) is 3.34. The molecule has 1 atom stereocenters. The number of rotatable bonds is 4. The van der Waals surface area contributed by atoms with Crippen molar-refractivity contribution in [1.82, 2.24) is 24.6 Å². The number of nitrogens with one attached hydrogen (secondary N) is 1. The molecule has 0 aliphatic rings. The Labute approximate surface area is 177 Å². The summed E-state index contributed by atoms with van der Waals surface area (Å²) in [6.07, 6.45) is 1.86. The number of fused-ring (bicyclic) bond motifs is 3. The number of aromatic nitrogens is 5. The topological polar surface area (TPSA) is 58.9 Å². The molecule has 0 aliphatic heterocycles. The molecule has 5 nitrogen and oxygen atoms in total. The van der Waals surface area contributed by atoms with Crippen LogP contribution in [0.3, 0.4) is 0 Å². The Kier molecular flexibility index (Phi) is 4.53. The van der Waals surface area contributed by atoms with Crippen LogP contribution in [0.2, 0.25) is 5.02 Å². The van der Waals surface area contributed by atoms with Crippen molar-refractivity contribution in [1.29, 1.82) is 0 Å². The number of aryl methyl sites for hydroxylation is 1. The van der Waals surface area contributed by atoms with Crippen LogP contribution in [0.1, 0.15) is 23.7 Å². The number of hydrogen-bond acceptors (Lipinski definition) is 4. The van der Waals surface area contributed by atoms with Crippen LogP contribution in [0.4, 0.5) is 0 Å². The van der Waals surface area contributed by atoms with Crippen molar-refractivity contribution in [3.63, 3.8) is 0 Å². The van der Waals surface area contributed by atoms with E-state index in [2.05, 4.69) is 40.2 Å². The molecule has 0 radical (unpaired) electrons. The van der Waals surface area contributed by atoms with Crippen LogP contribution in [-0.2, 0) is 0 Å². The summed E-state index contributed by atoms with van der Waals surface area (Å²) >= 11 is 8.07. The first-order valence-corrected chi connectivity index (χ1v) is 10.6. The van der Waals surface area contributed by atoms with Gasteiger partial charge in [-0.15, -0.1) is 0 Å². The molecule has 3 aromatic heterocycles. The molecule has 0 amide bonds. The summed E-state index contributed by atoms with van der Waals surface area (Å²) in [5, 5.41) is 7.19. The van der Waals surface area contributed by atoms with Crippen molar-refractivity contribution in [2.75, 3.05) is 0 Å². The van der Waals surface area contributed by atoms with Crippen LogP contribution in [0.25, 0.3) is 27.7 Å². The molecule has 0 fully saturated rings. The number of aromatic amines is 1. The van der Waals surface area contributed by atoms with Crippen LogP contribution < -0.4 is 0 Å². The van der Waals surface area contributed by atoms with E-state index in [4.69, 9.17) is 16.6 Å². The van der Waals surface area contributed by atoms with Gasteiger partial charge in [0.2, 0.25) is 0 Å². The normalized spacial score (nSPS) is 12.7. The summed E-state index contributed by atoms with van der Waals surface area (Å²) in [5.74, 6) is 0.844. The second kappa shape index (κ2) is 7.21. The molecule has 1 N–H and O–H groups in total. The fourth-order valence-electron chi connectivity index (χ4n) is 3.47. The zero-order valence-corrected chi connectivity index (χ0v) is 17.5. The van der Waals surface area contributed by atoms with Crippen molar-refractivity contribution in [2.24, 2.45) is 0 Å². The molecule has 3 heterocycles. The maximum absolute atomic E-state index is 6.45. The van der Waals surface area contributed by atoms with Crippen molar-refractivity contribution in [3.8, 4) is 11.3 Å². The van der Waals surface area contributed by atoms with Gasteiger partial charge in [-0.3, -0.25) is 0 Å². The lowest BCUT2D eigenvalue weighted by Gasteiger charge is -2.13. The monoisotopic (exact) mass is 419 g/mol. The van der Waals surface area contributed by atoms with Gasteiger partial charge in [-0.2, -0.15) is 5.10 Å². The van der Waals surface area contributed by atoms with E-state index in [1.807, 2.05) is 54.0 Å². The highest BCUT2D eigenvalue weighted by atomic mass is 35.5. The van der Waals surface area contributed by atoms with Gasteiger partial charge in [-0.25, -0.2) is 14.5 Å². The van der Waals surface area contributed by atoms with Gasteiger partial charge >= 0.3 is 0 Å². The molecule has 7 heteroatoms. The third-order valence-electron chi connectivity index (χ3n) is 4.83. The van der Waals surface area contributed by atoms with Gasteiger partial charge in [0.25, 0.3) is 0 Å². The minimum Gasteiger partial charge on any atom is -0.333 e. The quantitative estimate of drug-likeness (QED) is 0.358. The SMILES string of the molecule is Cc1cc2c3cccc(Cl)c3nc(C(C)Sc3ncc(-c4ccccc4)[nH]3)n2n1. The van der Waals surface area contributed by atoms with Gasteiger partial charge in [-0.1, -0.05) is 65.8 Å². The molecular weight excluding hydrogens is 402 g/mol. The minimum absolute atomic E-state index is 0.0206. The number of halogens is 1. The molecule has 144 valence electrons.